The van der Waals surface area contributed by atoms with E-state index in [0.29, 0.717) is 11.3 Å². The highest BCUT2D eigenvalue weighted by atomic mass is 16.5. The number of amides is 1. The van der Waals surface area contributed by atoms with Crippen molar-refractivity contribution in [2.75, 3.05) is 6.54 Å². The van der Waals surface area contributed by atoms with Crippen LogP contribution < -0.4 is 10.1 Å². The predicted octanol–water partition coefficient (Wildman–Crippen LogP) is 2.70. The Kier molecular flexibility index (Phi) is 6.20. The fraction of sp³-hybridized carbons (Fsp3) is 0.474. The number of hydrogen-bond acceptors (Lipinski definition) is 4. The lowest BCUT2D eigenvalue weighted by Gasteiger charge is -2.18. The van der Waals surface area contributed by atoms with Gasteiger partial charge in [-0.15, -0.1) is 0 Å². The number of rotatable bonds is 7. The normalized spacial score (nSPS) is 13.6. The number of aliphatic hydroxyl groups is 1. The molecule has 2 N–H and O–H groups in total. The molecule has 1 aromatic heterocycles. The van der Waals surface area contributed by atoms with Crippen LogP contribution in [0.25, 0.3) is 0 Å². The van der Waals surface area contributed by atoms with Gasteiger partial charge in [0.1, 0.15) is 11.8 Å². The van der Waals surface area contributed by atoms with E-state index in [4.69, 9.17) is 4.74 Å². The van der Waals surface area contributed by atoms with Gasteiger partial charge in [-0.1, -0.05) is 12.1 Å². The monoisotopic (exact) mass is 345 g/mol. The zero-order valence-electron chi connectivity index (χ0n) is 15.5. The summed E-state index contributed by atoms with van der Waals surface area (Å²) in [6.07, 6.45) is -0.735. The van der Waals surface area contributed by atoms with Crippen molar-refractivity contribution in [2.24, 2.45) is 0 Å². The molecule has 0 saturated carbocycles. The summed E-state index contributed by atoms with van der Waals surface area (Å²) in [5, 5.41) is 17.5. The van der Waals surface area contributed by atoms with E-state index < -0.39 is 12.1 Å². The van der Waals surface area contributed by atoms with E-state index in [0.717, 1.165) is 11.4 Å². The van der Waals surface area contributed by atoms with Gasteiger partial charge >= 0.3 is 0 Å². The minimum Gasteiger partial charge on any atom is -0.491 e. The summed E-state index contributed by atoms with van der Waals surface area (Å²) in [4.78, 5) is 12.3. The van der Waals surface area contributed by atoms with Gasteiger partial charge in [0.2, 0.25) is 5.91 Å². The zero-order chi connectivity index (χ0) is 18.6. The first kappa shape index (κ1) is 19.0. The number of benzene rings is 1. The number of nitrogens with one attached hydrogen (secondary N) is 1. The molecule has 0 aliphatic heterocycles. The van der Waals surface area contributed by atoms with Crippen molar-refractivity contribution in [1.82, 2.24) is 15.1 Å². The summed E-state index contributed by atoms with van der Waals surface area (Å²) in [5.74, 6) is 0.522. The Labute approximate surface area is 148 Å². The zero-order valence-corrected chi connectivity index (χ0v) is 15.5. The molecular weight excluding hydrogens is 318 g/mol. The van der Waals surface area contributed by atoms with E-state index in [1.54, 1.807) is 17.7 Å². The standard InChI is InChI=1S/C19H27N3O3/c1-12(2)25-17-8-6-7-16(10-17)18(23)11-20-19(24)15(5)22-14(4)9-13(3)21-22/h6-10,12,15,18,23H,11H2,1-5H3,(H,20,24)/t15-,18+/m1/s1. The highest BCUT2D eigenvalue weighted by Gasteiger charge is 2.19. The quantitative estimate of drug-likeness (QED) is 0.809. The van der Waals surface area contributed by atoms with Crippen LogP contribution in [0.4, 0.5) is 0 Å². The average molecular weight is 345 g/mol. The molecule has 1 heterocycles. The maximum Gasteiger partial charge on any atom is 0.244 e. The van der Waals surface area contributed by atoms with Crippen LogP contribution in [-0.4, -0.2) is 33.4 Å². The number of ether oxygens (including phenoxy) is 1. The predicted molar refractivity (Wildman–Crippen MR) is 96.6 cm³/mol. The van der Waals surface area contributed by atoms with Crippen molar-refractivity contribution in [3.63, 3.8) is 0 Å². The maximum atomic E-state index is 12.3. The molecule has 2 rings (SSSR count). The van der Waals surface area contributed by atoms with Crippen molar-refractivity contribution in [1.29, 1.82) is 0 Å². The molecule has 0 unspecified atom stereocenters. The number of carbonyl (C=O) groups is 1. The Hall–Kier alpha value is -2.34. The second kappa shape index (κ2) is 8.16. The van der Waals surface area contributed by atoms with E-state index in [1.165, 1.54) is 0 Å². The van der Waals surface area contributed by atoms with E-state index in [1.807, 2.05) is 52.0 Å². The second-order valence-corrected chi connectivity index (χ2v) is 6.55. The van der Waals surface area contributed by atoms with Crippen LogP contribution in [0.5, 0.6) is 5.75 Å². The molecule has 2 atom stereocenters. The van der Waals surface area contributed by atoms with Crippen molar-refractivity contribution >= 4 is 5.91 Å². The number of aliphatic hydroxyl groups excluding tert-OH is 1. The molecule has 0 fully saturated rings. The first-order valence-corrected chi connectivity index (χ1v) is 8.53. The lowest BCUT2D eigenvalue weighted by atomic mass is 10.1. The fourth-order valence-electron chi connectivity index (χ4n) is 2.68. The molecule has 1 amide bonds. The lowest BCUT2D eigenvalue weighted by molar-refractivity contribution is -0.124. The molecule has 6 nitrogen and oxygen atoms in total. The number of hydrogen-bond donors (Lipinski definition) is 2. The SMILES string of the molecule is Cc1cc(C)n([C@H](C)C(=O)NC[C@H](O)c2cccc(OC(C)C)c2)n1. The van der Waals surface area contributed by atoms with Crippen LogP contribution in [0.2, 0.25) is 0 Å². The van der Waals surface area contributed by atoms with E-state index in [-0.39, 0.29) is 18.6 Å². The molecule has 6 heteroatoms. The van der Waals surface area contributed by atoms with Gasteiger partial charge in [-0.05, 0) is 58.4 Å². The Morgan fingerprint density at radius 3 is 2.60 bits per heavy atom. The van der Waals surface area contributed by atoms with Crippen LogP contribution >= 0.6 is 0 Å². The first-order valence-electron chi connectivity index (χ1n) is 8.53. The fourth-order valence-corrected chi connectivity index (χ4v) is 2.68. The summed E-state index contributed by atoms with van der Waals surface area (Å²) in [5.41, 5.74) is 2.51. The third-order valence-corrected chi connectivity index (χ3v) is 3.88. The summed E-state index contributed by atoms with van der Waals surface area (Å²) >= 11 is 0. The molecule has 0 spiro atoms. The largest absolute Gasteiger partial charge is 0.491 e. The maximum absolute atomic E-state index is 12.3. The van der Waals surface area contributed by atoms with Gasteiger partial charge < -0.3 is 15.2 Å². The molecule has 2 aromatic rings. The lowest BCUT2D eigenvalue weighted by Crippen LogP contribution is -2.34. The second-order valence-electron chi connectivity index (χ2n) is 6.55. The Bertz CT molecular complexity index is 724. The summed E-state index contributed by atoms with van der Waals surface area (Å²) in [7, 11) is 0. The number of nitrogens with zero attached hydrogens (tertiary/aromatic N) is 2. The van der Waals surface area contributed by atoms with Gasteiger partial charge in [-0.2, -0.15) is 5.10 Å². The smallest absolute Gasteiger partial charge is 0.244 e. The van der Waals surface area contributed by atoms with Gasteiger partial charge in [0.25, 0.3) is 0 Å². The third kappa shape index (κ3) is 5.06. The van der Waals surface area contributed by atoms with Gasteiger partial charge in [0.15, 0.2) is 0 Å². The summed E-state index contributed by atoms with van der Waals surface area (Å²) in [6, 6.07) is 8.78. The summed E-state index contributed by atoms with van der Waals surface area (Å²) < 4.78 is 7.32. The topological polar surface area (TPSA) is 76.4 Å². The highest BCUT2D eigenvalue weighted by molar-refractivity contribution is 5.79. The Morgan fingerprint density at radius 1 is 1.28 bits per heavy atom. The van der Waals surface area contributed by atoms with Crippen LogP contribution in [0, 0.1) is 13.8 Å². The van der Waals surface area contributed by atoms with Crippen LogP contribution in [0.3, 0.4) is 0 Å². The molecule has 0 saturated heterocycles. The van der Waals surface area contributed by atoms with Crippen LogP contribution in [0.1, 0.15) is 49.9 Å². The molecule has 0 aliphatic rings. The third-order valence-electron chi connectivity index (χ3n) is 3.88. The van der Waals surface area contributed by atoms with Gasteiger partial charge in [0, 0.05) is 12.2 Å². The number of aryl methyl sites for hydroxylation is 2. The summed E-state index contributed by atoms with van der Waals surface area (Å²) in [6.45, 7) is 9.63. The molecule has 25 heavy (non-hydrogen) atoms. The minimum atomic E-state index is -0.799. The van der Waals surface area contributed by atoms with Crippen molar-refractivity contribution in [3.8, 4) is 5.75 Å². The van der Waals surface area contributed by atoms with E-state index in [9.17, 15) is 9.90 Å². The van der Waals surface area contributed by atoms with Gasteiger partial charge in [-0.25, -0.2) is 0 Å². The molecule has 0 radical (unpaired) electrons. The average Bonchev–Trinajstić information content (AvgIpc) is 2.89. The molecule has 1 aromatic carbocycles. The van der Waals surface area contributed by atoms with E-state index >= 15 is 0 Å². The number of carbonyl (C=O) groups excluding carboxylic acids is 1. The minimum absolute atomic E-state index is 0.0636. The molecular formula is C19H27N3O3. The van der Waals surface area contributed by atoms with Gasteiger partial charge in [-0.3, -0.25) is 9.48 Å². The number of aromatic nitrogens is 2. The van der Waals surface area contributed by atoms with Gasteiger partial charge in [0.05, 0.1) is 17.9 Å². The highest BCUT2D eigenvalue weighted by Crippen LogP contribution is 2.20. The Morgan fingerprint density at radius 2 is 2.00 bits per heavy atom. The van der Waals surface area contributed by atoms with E-state index in [2.05, 4.69) is 10.4 Å². The van der Waals surface area contributed by atoms with Crippen molar-refractivity contribution in [2.45, 2.75) is 52.9 Å². The van der Waals surface area contributed by atoms with Crippen molar-refractivity contribution in [3.05, 3.63) is 47.3 Å². The van der Waals surface area contributed by atoms with Crippen LogP contribution in [0.15, 0.2) is 30.3 Å². The molecule has 0 bridgehead atoms. The molecule has 0 aliphatic carbocycles. The Balaban J connectivity index is 1.96. The molecule has 136 valence electrons. The first-order chi connectivity index (χ1) is 11.8. The van der Waals surface area contributed by atoms with Crippen LogP contribution in [-0.2, 0) is 4.79 Å². The van der Waals surface area contributed by atoms with Crippen molar-refractivity contribution < 1.29 is 14.6 Å².